The Kier molecular flexibility index (Phi) is 4.98. The molecule has 1 radical (unpaired) electrons. The molecule has 1 aromatic carbocycles. The number of hydroxylamine groups is 2. The molecule has 1 N–H and O–H groups in total. The van der Waals surface area contributed by atoms with Crippen LogP contribution < -0.4 is 5.32 Å². The summed E-state index contributed by atoms with van der Waals surface area (Å²) in [5, 5.41) is 16.4. The molecule has 1 saturated heterocycles. The molecule has 5 heteroatoms. The van der Waals surface area contributed by atoms with Gasteiger partial charge >= 0.3 is 6.09 Å². The second-order valence-corrected chi connectivity index (χ2v) is 8.47. The van der Waals surface area contributed by atoms with Crippen molar-refractivity contribution in [1.82, 2.24) is 10.4 Å². The van der Waals surface area contributed by atoms with Crippen LogP contribution in [0.3, 0.4) is 0 Å². The van der Waals surface area contributed by atoms with E-state index in [9.17, 15) is 10.0 Å². The summed E-state index contributed by atoms with van der Waals surface area (Å²) in [5.41, 5.74) is -0.622. The molecular weight excluding hydrogens is 304 g/mol. The number of ether oxygens (including phenoxy) is 1. The normalized spacial score (nSPS) is 21.3. The van der Waals surface area contributed by atoms with Crippen LogP contribution in [0.2, 0.25) is 0 Å². The second kappa shape index (κ2) is 6.37. The first-order valence-corrected chi connectivity index (χ1v) is 8.46. The van der Waals surface area contributed by atoms with Crippen LogP contribution in [-0.2, 0) is 15.5 Å². The highest BCUT2D eigenvalue weighted by Gasteiger charge is 2.47. The smallest absolute Gasteiger partial charge is 0.408 e. The average Bonchev–Trinajstić information content (AvgIpc) is 2.44. The molecular formula is C19H29N2O3. The molecule has 1 aliphatic rings. The van der Waals surface area contributed by atoms with E-state index in [4.69, 9.17) is 4.74 Å². The van der Waals surface area contributed by atoms with Crippen molar-refractivity contribution in [2.45, 2.75) is 77.1 Å². The summed E-state index contributed by atoms with van der Waals surface area (Å²) in [4.78, 5) is 12.4. The lowest BCUT2D eigenvalue weighted by molar-refractivity contribution is -0.298. The lowest BCUT2D eigenvalue weighted by Gasteiger charge is -2.49. The summed E-state index contributed by atoms with van der Waals surface area (Å²) >= 11 is 0. The van der Waals surface area contributed by atoms with Crippen LogP contribution >= 0.6 is 0 Å². The summed E-state index contributed by atoms with van der Waals surface area (Å²) in [6.07, 6.45) is 0.338. The number of nitrogens with zero attached hydrogens (tertiary/aromatic N) is 1. The molecule has 5 nitrogen and oxygen atoms in total. The average molecular weight is 333 g/mol. The second-order valence-electron chi connectivity index (χ2n) is 8.47. The van der Waals surface area contributed by atoms with Crippen molar-refractivity contribution in [2.24, 2.45) is 0 Å². The number of hydrogen-bond donors (Lipinski definition) is 1. The summed E-state index contributed by atoms with van der Waals surface area (Å²) in [5.74, 6) is 0. The maximum Gasteiger partial charge on any atom is 0.408 e. The molecule has 133 valence electrons. The minimum absolute atomic E-state index is 0.272. The zero-order valence-corrected chi connectivity index (χ0v) is 15.6. The highest BCUT2D eigenvalue weighted by atomic mass is 16.6. The topological polar surface area (TPSA) is 61.5 Å². The Hall–Kier alpha value is -1.59. The largest absolute Gasteiger partial charge is 0.446 e. The van der Waals surface area contributed by atoms with Gasteiger partial charge in [-0.2, -0.15) is 0 Å². The molecule has 1 aromatic rings. The molecule has 2 rings (SSSR count). The van der Waals surface area contributed by atoms with Gasteiger partial charge in [-0.1, -0.05) is 30.3 Å². The van der Waals surface area contributed by atoms with Gasteiger partial charge in [-0.3, -0.25) is 0 Å². The molecule has 0 bridgehead atoms. The number of carbonyl (C=O) groups is 1. The predicted molar refractivity (Wildman–Crippen MR) is 92.8 cm³/mol. The van der Waals surface area contributed by atoms with Gasteiger partial charge in [-0.25, -0.2) is 4.79 Å². The van der Waals surface area contributed by atoms with Crippen LogP contribution in [0.4, 0.5) is 4.79 Å². The van der Waals surface area contributed by atoms with Crippen molar-refractivity contribution in [2.75, 3.05) is 0 Å². The minimum Gasteiger partial charge on any atom is -0.446 e. The van der Waals surface area contributed by atoms with Crippen LogP contribution in [0.1, 0.15) is 59.9 Å². The Morgan fingerprint density at radius 3 is 2.12 bits per heavy atom. The summed E-state index contributed by atoms with van der Waals surface area (Å²) in [6.45, 7) is 11.5. The first-order valence-electron chi connectivity index (χ1n) is 8.46. The third-order valence-corrected chi connectivity index (χ3v) is 4.74. The van der Waals surface area contributed by atoms with E-state index in [0.717, 1.165) is 10.6 Å². The monoisotopic (exact) mass is 333 g/mol. The van der Waals surface area contributed by atoms with Crippen LogP contribution in [0.15, 0.2) is 30.3 Å². The standard InChI is InChI=1S/C19H29N2O3/c1-17(2)12-15(13-18(3,4)21(17)23)24-16(22)20-19(5,6)14-10-8-7-9-11-14/h7-11,15H,12-13H2,1-6H3,(H,20,22). The summed E-state index contributed by atoms with van der Waals surface area (Å²) in [7, 11) is 0. The van der Waals surface area contributed by atoms with Gasteiger partial charge in [0.2, 0.25) is 0 Å². The molecule has 1 heterocycles. The third-order valence-electron chi connectivity index (χ3n) is 4.74. The van der Waals surface area contributed by atoms with Crippen LogP contribution in [0.5, 0.6) is 0 Å². The van der Waals surface area contributed by atoms with E-state index in [1.165, 1.54) is 0 Å². The van der Waals surface area contributed by atoms with Crippen molar-refractivity contribution in [1.29, 1.82) is 0 Å². The fourth-order valence-corrected chi connectivity index (χ4v) is 3.62. The fourth-order valence-electron chi connectivity index (χ4n) is 3.62. The first-order chi connectivity index (χ1) is 10.9. The van der Waals surface area contributed by atoms with Crippen LogP contribution in [0, 0.1) is 0 Å². The number of rotatable bonds is 3. The molecule has 1 fully saturated rings. The minimum atomic E-state index is -0.554. The highest BCUT2D eigenvalue weighted by molar-refractivity contribution is 5.68. The molecule has 0 atom stereocenters. The third kappa shape index (κ3) is 4.08. The van der Waals surface area contributed by atoms with Crippen molar-refractivity contribution >= 4 is 6.09 Å². The van der Waals surface area contributed by atoms with Gasteiger partial charge in [0.25, 0.3) is 0 Å². The molecule has 0 spiro atoms. The Morgan fingerprint density at radius 2 is 1.62 bits per heavy atom. The fraction of sp³-hybridized carbons (Fsp3) is 0.632. The quantitative estimate of drug-likeness (QED) is 0.909. The van der Waals surface area contributed by atoms with Crippen molar-refractivity contribution in [3.8, 4) is 0 Å². The van der Waals surface area contributed by atoms with Crippen LogP contribution in [-0.4, -0.2) is 28.3 Å². The van der Waals surface area contributed by atoms with Gasteiger partial charge in [0, 0.05) is 23.9 Å². The molecule has 24 heavy (non-hydrogen) atoms. The molecule has 0 aliphatic carbocycles. The number of hydrogen-bond acceptors (Lipinski definition) is 3. The molecule has 1 aliphatic heterocycles. The van der Waals surface area contributed by atoms with E-state index < -0.39 is 22.7 Å². The number of carbonyl (C=O) groups excluding carboxylic acids is 1. The molecule has 0 saturated carbocycles. The molecule has 0 aromatic heterocycles. The zero-order chi connectivity index (χ0) is 18.2. The van der Waals surface area contributed by atoms with Gasteiger partial charge in [-0.05, 0) is 47.1 Å². The molecule has 1 amide bonds. The van der Waals surface area contributed by atoms with Gasteiger partial charge in [0.1, 0.15) is 6.10 Å². The number of alkyl carbamates (subject to hydrolysis) is 1. The molecule has 0 unspecified atom stereocenters. The maximum absolute atomic E-state index is 12.4. The van der Waals surface area contributed by atoms with E-state index in [1.54, 1.807) is 0 Å². The lowest BCUT2D eigenvalue weighted by atomic mass is 9.80. The number of benzene rings is 1. The van der Waals surface area contributed by atoms with Gasteiger partial charge in [0.15, 0.2) is 0 Å². The Morgan fingerprint density at radius 1 is 1.12 bits per heavy atom. The lowest BCUT2D eigenvalue weighted by Crippen LogP contribution is -2.60. The summed E-state index contributed by atoms with van der Waals surface area (Å²) < 4.78 is 5.65. The van der Waals surface area contributed by atoms with E-state index in [1.807, 2.05) is 71.9 Å². The highest BCUT2D eigenvalue weighted by Crippen LogP contribution is 2.38. The predicted octanol–water partition coefficient (Wildman–Crippen LogP) is 4.02. The van der Waals surface area contributed by atoms with Crippen LogP contribution in [0.25, 0.3) is 0 Å². The Bertz CT molecular complexity index is 564. The number of piperidine rings is 1. The van der Waals surface area contributed by atoms with Gasteiger partial charge in [-0.15, -0.1) is 10.3 Å². The number of amides is 1. The van der Waals surface area contributed by atoms with E-state index in [2.05, 4.69) is 5.32 Å². The first kappa shape index (κ1) is 18.7. The van der Waals surface area contributed by atoms with E-state index >= 15 is 0 Å². The van der Waals surface area contributed by atoms with Gasteiger partial charge < -0.3 is 10.1 Å². The zero-order valence-electron chi connectivity index (χ0n) is 15.6. The van der Waals surface area contributed by atoms with E-state index in [-0.39, 0.29) is 6.10 Å². The summed E-state index contributed by atoms with van der Waals surface area (Å²) in [6, 6.07) is 9.78. The Labute approximate surface area is 145 Å². The van der Waals surface area contributed by atoms with E-state index in [0.29, 0.717) is 12.8 Å². The SMILES string of the molecule is CC(C)(NC(=O)OC1CC(C)(C)N([O])C(C)(C)C1)c1ccccc1. The van der Waals surface area contributed by atoms with Crippen molar-refractivity contribution in [3.63, 3.8) is 0 Å². The maximum atomic E-state index is 12.4. The van der Waals surface area contributed by atoms with Crippen molar-refractivity contribution in [3.05, 3.63) is 35.9 Å². The van der Waals surface area contributed by atoms with Crippen molar-refractivity contribution < 1.29 is 14.7 Å². The Balaban J connectivity index is 2.02. The van der Waals surface area contributed by atoms with Gasteiger partial charge in [0.05, 0.1) is 5.54 Å². The number of nitrogens with one attached hydrogen (secondary N) is 1.